The van der Waals surface area contributed by atoms with Crippen LogP contribution in [0.15, 0.2) is 102 Å². The summed E-state index contributed by atoms with van der Waals surface area (Å²) in [4.78, 5) is 2.55. The zero-order chi connectivity index (χ0) is 23.2. The van der Waals surface area contributed by atoms with Crippen LogP contribution in [0.2, 0.25) is 0 Å². The van der Waals surface area contributed by atoms with Crippen LogP contribution in [-0.4, -0.2) is 34.4 Å². The van der Waals surface area contributed by atoms with Crippen molar-refractivity contribution < 1.29 is 4.74 Å². The van der Waals surface area contributed by atoms with Gasteiger partial charge in [-0.15, -0.1) is 0 Å². The Hall–Kier alpha value is -3.63. The smallest absolute Gasteiger partial charge is 0.200 e. The number of hydrogen-bond acceptors (Lipinski definition) is 4. The molecule has 0 radical (unpaired) electrons. The topological polar surface area (TPSA) is 28.1 Å². The third-order valence-corrected chi connectivity index (χ3v) is 7.89. The maximum absolute atomic E-state index is 6.84. The van der Waals surface area contributed by atoms with Gasteiger partial charge in [-0.25, -0.2) is 5.01 Å². The number of fused-ring (bicyclic) bond motifs is 5. The van der Waals surface area contributed by atoms with Gasteiger partial charge in [0.1, 0.15) is 5.75 Å². The minimum absolute atomic E-state index is 0.217. The third kappa shape index (κ3) is 3.52. The largest absolute Gasteiger partial charge is 0.466 e. The lowest BCUT2D eigenvalue weighted by molar-refractivity contribution is -0.150. The summed E-state index contributed by atoms with van der Waals surface area (Å²) in [5.74, 6) is 1.03. The second-order valence-corrected chi connectivity index (χ2v) is 9.99. The zero-order valence-corrected chi connectivity index (χ0v) is 19.8. The maximum Gasteiger partial charge on any atom is 0.200 e. The van der Waals surface area contributed by atoms with Gasteiger partial charge in [0, 0.05) is 50.0 Å². The van der Waals surface area contributed by atoms with Gasteiger partial charge in [0.2, 0.25) is 5.72 Å². The Labute approximate surface area is 206 Å². The van der Waals surface area contributed by atoms with E-state index in [4.69, 9.17) is 9.84 Å². The van der Waals surface area contributed by atoms with Gasteiger partial charge < -0.3 is 4.74 Å². The number of piperidine rings is 1. The highest BCUT2D eigenvalue weighted by Gasteiger charge is 2.51. The quantitative estimate of drug-likeness (QED) is 0.356. The Morgan fingerprint density at radius 1 is 0.800 bits per heavy atom. The fourth-order valence-electron chi connectivity index (χ4n) is 6.10. The second kappa shape index (κ2) is 8.24. The highest BCUT2D eigenvalue weighted by Crippen LogP contribution is 2.50. The van der Waals surface area contributed by atoms with Gasteiger partial charge in [-0.1, -0.05) is 91.0 Å². The lowest BCUT2D eigenvalue weighted by atomic mass is 9.90. The molecule has 1 atom stereocenters. The van der Waals surface area contributed by atoms with Crippen molar-refractivity contribution in [3.05, 3.63) is 114 Å². The van der Waals surface area contributed by atoms with E-state index < -0.39 is 5.72 Å². The number of nitrogens with zero attached hydrogens (tertiary/aromatic N) is 3. The van der Waals surface area contributed by atoms with Crippen LogP contribution in [0.3, 0.4) is 0 Å². The van der Waals surface area contributed by atoms with Gasteiger partial charge in [-0.3, -0.25) is 4.90 Å². The fourth-order valence-corrected chi connectivity index (χ4v) is 6.10. The summed E-state index contributed by atoms with van der Waals surface area (Å²) in [7, 11) is 0. The molecule has 0 N–H and O–H groups in total. The lowest BCUT2D eigenvalue weighted by Gasteiger charge is -2.51. The maximum atomic E-state index is 6.84. The summed E-state index contributed by atoms with van der Waals surface area (Å²) < 4.78 is 6.84. The Morgan fingerprint density at radius 3 is 2.43 bits per heavy atom. The number of rotatable bonds is 3. The van der Waals surface area contributed by atoms with E-state index in [1.165, 1.54) is 27.5 Å². The van der Waals surface area contributed by atoms with Crippen molar-refractivity contribution in [1.82, 2.24) is 9.91 Å². The molecular weight excluding hydrogens is 430 g/mol. The molecule has 3 aliphatic rings. The number of ether oxygens (including phenoxy) is 1. The third-order valence-electron chi connectivity index (χ3n) is 7.89. The standard InChI is InChI=1S/C31H29N3O/c1-2-9-23(10-3-1)22-33-19-17-31(18-20-33)34-29(27-14-6-7-16-30(27)35-31)21-28(32-34)26-15-8-12-24-11-4-5-13-25(24)26/h1-16,29H,17-22H2/t29-/m1/s1. The molecule has 0 saturated carbocycles. The molecule has 0 amide bonds. The predicted octanol–water partition coefficient (Wildman–Crippen LogP) is 6.38. The molecule has 35 heavy (non-hydrogen) atoms. The zero-order valence-electron chi connectivity index (χ0n) is 19.8. The first kappa shape index (κ1) is 20.7. The molecule has 4 heteroatoms. The Morgan fingerprint density at radius 2 is 1.54 bits per heavy atom. The first-order valence-corrected chi connectivity index (χ1v) is 12.7. The number of likely N-dealkylation sites (tertiary alicyclic amines) is 1. The van der Waals surface area contributed by atoms with Gasteiger partial charge in [0.05, 0.1) is 11.8 Å². The number of para-hydroxylation sites is 1. The van der Waals surface area contributed by atoms with E-state index in [1.54, 1.807) is 0 Å². The van der Waals surface area contributed by atoms with Crippen LogP contribution in [0.4, 0.5) is 0 Å². The van der Waals surface area contributed by atoms with E-state index in [9.17, 15) is 0 Å². The van der Waals surface area contributed by atoms with Crippen LogP contribution in [0.25, 0.3) is 10.8 Å². The molecule has 4 aromatic carbocycles. The lowest BCUT2D eigenvalue weighted by Crippen LogP contribution is -2.59. The Kier molecular flexibility index (Phi) is 4.88. The predicted molar refractivity (Wildman–Crippen MR) is 140 cm³/mol. The minimum atomic E-state index is -0.390. The van der Waals surface area contributed by atoms with E-state index in [0.717, 1.165) is 50.4 Å². The molecule has 4 nitrogen and oxygen atoms in total. The summed E-state index contributed by atoms with van der Waals surface area (Å²) in [5.41, 5.74) is 4.64. The summed E-state index contributed by atoms with van der Waals surface area (Å²) in [6.07, 6.45) is 2.79. The number of hydrogen-bond donors (Lipinski definition) is 0. The first-order chi connectivity index (χ1) is 17.3. The highest BCUT2D eigenvalue weighted by molar-refractivity contribution is 6.11. The van der Waals surface area contributed by atoms with E-state index in [2.05, 4.69) is 107 Å². The highest BCUT2D eigenvalue weighted by atomic mass is 16.5. The molecule has 4 aromatic rings. The van der Waals surface area contributed by atoms with Gasteiger partial charge in [-0.2, -0.15) is 5.10 Å². The van der Waals surface area contributed by atoms with Crippen LogP contribution in [-0.2, 0) is 6.54 Å². The number of benzene rings is 4. The summed E-state index contributed by atoms with van der Waals surface area (Å²) in [5, 5.41) is 10.2. The fraction of sp³-hybridized carbons (Fsp3) is 0.258. The van der Waals surface area contributed by atoms with Gasteiger partial charge in [-0.05, 0) is 22.4 Å². The Bertz CT molecular complexity index is 1400. The molecular formula is C31H29N3O. The monoisotopic (exact) mass is 459 g/mol. The van der Waals surface area contributed by atoms with Gasteiger partial charge in [0.15, 0.2) is 0 Å². The van der Waals surface area contributed by atoms with Crippen molar-refractivity contribution >= 4 is 16.5 Å². The van der Waals surface area contributed by atoms with Crippen molar-refractivity contribution in [2.75, 3.05) is 13.1 Å². The normalized spacial score (nSPS) is 20.9. The molecule has 1 fully saturated rings. The van der Waals surface area contributed by atoms with Crippen LogP contribution < -0.4 is 4.74 Å². The molecule has 3 heterocycles. The molecule has 1 spiro atoms. The molecule has 0 aromatic heterocycles. The van der Waals surface area contributed by atoms with Crippen molar-refractivity contribution in [2.45, 2.75) is 37.6 Å². The molecule has 174 valence electrons. The van der Waals surface area contributed by atoms with Crippen molar-refractivity contribution in [1.29, 1.82) is 0 Å². The van der Waals surface area contributed by atoms with E-state index >= 15 is 0 Å². The second-order valence-electron chi connectivity index (χ2n) is 9.99. The number of hydrazone groups is 1. The SMILES string of the molecule is c1ccc(CN2CCC3(CC2)Oc2ccccc2[C@H]2CC(c4cccc5ccccc45)=NN23)cc1. The summed E-state index contributed by atoms with van der Waals surface area (Å²) >= 11 is 0. The van der Waals surface area contributed by atoms with E-state index in [0.29, 0.717) is 0 Å². The van der Waals surface area contributed by atoms with Crippen molar-refractivity contribution in [3.8, 4) is 5.75 Å². The summed E-state index contributed by atoms with van der Waals surface area (Å²) in [6, 6.07) is 34.7. The molecule has 1 saturated heterocycles. The van der Waals surface area contributed by atoms with Crippen molar-refractivity contribution in [3.63, 3.8) is 0 Å². The molecule has 7 rings (SSSR count). The Balaban J connectivity index is 1.23. The van der Waals surface area contributed by atoms with Gasteiger partial charge >= 0.3 is 0 Å². The molecule has 0 bridgehead atoms. The van der Waals surface area contributed by atoms with Crippen LogP contribution in [0.5, 0.6) is 5.75 Å². The van der Waals surface area contributed by atoms with Crippen LogP contribution in [0.1, 0.15) is 42.0 Å². The van der Waals surface area contributed by atoms with E-state index in [1.807, 2.05) is 0 Å². The average Bonchev–Trinajstić information content (AvgIpc) is 3.37. The van der Waals surface area contributed by atoms with E-state index in [-0.39, 0.29) is 6.04 Å². The van der Waals surface area contributed by atoms with Gasteiger partial charge in [0.25, 0.3) is 0 Å². The van der Waals surface area contributed by atoms with Crippen LogP contribution >= 0.6 is 0 Å². The molecule has 0 aliphatic carbocycles. The minimum Gasteiger partial charge on any atom is -0.466 e. The first-order valence-electron chi connectivity index (χ1n) is 12.7. The molecule has 0 unspecified atom stereocenters. The van der Waals surface area contributed by atoms with Crippen LogP contribution in [0, 0.1) is 0 Å². The average molecular weight is 460 g/mol. The molecule has 3 aliphatic heterocycles. The summed E-state index contributed by atoms with van der Waals surface area (Å²) in [6.45, 7) is 2.99. The van der Waals surface area contributed by atoms with Crippen molar-refractivity contribution in [2.24, 2.45) is 5.10 Å².